The highest BCUT2D eigenvalue weighted by Gasteiger charge is 2.31. The number of hydrogen-bond acceptors (Lipinski definition) is 5. The maximum absolute atomic E-state index is 13.7. The molecule has 0 fully saturated rings. The molecule has 1 atom stereocenters. The first-order valence-corrected chi connectivity index (χ1v) is 13.1. The number of hydrogen-bond donors (Lipinski definition) is 0. The molecule has 0 saturated carbocycles. The van der Waals surface area contributed by atoms with Gasteiger partial charge in [-0.2, -0.15) is 14.0 Å². The molecule has 1 aromatic rings. The van der Waals surface area contributed by atoms with Gasteiger partial charge >= 0.3 is 5.97 Å². The van der Waals surface area contributed by atoms with Crippen LogP contribution in [0.25, 0.3) is 0 Å². The molecule has 10 heteroatoms. The maximum Gasteiger partial charge on any atom is 0.311 e. The molecule has 0 saturated heterocycles. The Morgan fingerprint density at radius 2 is 1.31 bits per heavy atom. The minimum atomic E-state index is -2.34. The summed E-state index contributed by atoms with van der Waals surface area (Å²) in [5.41, 5.74) is 0. The Kier molecular flexibility index (Phi) is 14.4. The van der Waals surface area contributed by atoms with Crippen LogP contribution >= 0.6 is 24.0 Å². The Labute approximate surface area is 213 Å². The Hall–Kier alpha value is -1.73. The molecule has 0 spiro atoms. The van der Waals surface area contributed by atoms with Crippen molar-refractivity contribution in [3.05, 3.63) is 29.1 Å². The zero-order chi connectivity index (χ0) is 26.4. The van der Waals surface area contributed by atoms with Crippen LogP contribution in [-0.2, 0) is 4.79 Å². The Balaban J connectivity index is 2.42. The van der Waals surface area contributed by atoms with Crippen LogP contribution in [0.3, 0.4) is 0 Å². The minimum absolute atomic E-state index is 0.0828. The van der Waals surface area contributed by atoms with Gasteiger partial charge in [-0.1, -0.05) is 88.7 Å². The van der Waals surface area contributed by atoms with Crippen molar-refractivity contribution in [1.82, 2.24) is 0 Å². The van der Waals surface area contributed by atoms with E-state index in [4.69, 9.17) is 12.2 Å². The van der Waals surface area contributed by atoms with Crippen LogP contribution in [0.15, 0.2) is 0 Å². The molecular formula is C25H32F5NO2S2. The number of ether oxygens (including phenoxy) is 1. The number of thioether (sulfide) groups is 1. The topological polar surface area (TPSA) is 50.1 Å². The van der Waals surface area contributed by atoms with Gasteiger partial charge in [-0.3, -0.25) is 4.79 Å². The van der Waals surface area contributed by atoms with E-state index >= 15 is 0 Å². The zero-order valence-corrected chi connectivity index (χ0v) is 21.8. The molecule has 1 unspecified atom stereocenters. The van der Waals surface area contributed by atoms with Crippen molar-refractivity contribution in [3.8, 4) is 11.8 Å². The number of carbonyl (C=O) groups is 1. The standard InChI is InChI=1S/C25H32F5NO2S2/c1-3-4-5-6-7-8-9-10-11-12-13-18(34)35-25(2,16-31)15-14-17(32)33-24-22(29)20(27)19(26)21(28)23(24)30/h3-15H2,1-2H3. The summed E-state index contributed by atoms with van der Waals surface area (Å²) in [5.74, 6) is -14.1. The highest BCUT2D eigenvalue weighted by atomic mass is 32.2. The lowest BCUT2D eigenvalue weighted by Gasteiger charge is -2.21. The second-order valence-electron chi connectivity index (χ2n) is 8.62. The molecule has 0 aliphatic rings. The van der Waals surface area contributed by atoms with Gasteiger partial charge in [0.1, 0.15) is 4.75 Å². The number of nitriles is 1. The van der Waals surface area contributed by atoms with Crippen LogP contribution < -0.4 is 4.74 Å². The van der Waals surface area contributed by atoms with Crippen molar-refractivity contribution in [2.45, 2.75) is 102 Å². The third-order valence-electron chi connectivity index (χ3n) is 5.50. The van der Waals surface area contributed by atoms with Crippen LogP contribution in [0.2, 0.25) is 0 Å². The van der Waals surface area contributed by atoms with Gasteiger partial charge in [0.25, 0.3) is 0 Å². The summed E-state index contributed by atoms with van der Waals surface area (Å²) in [6.45, 7) is 3.76. The van der Waals surface area contributed by atoms with Gasteiger partial charge in [-0.15, -0.1) is 0 Å². The number of unbranched alkanes of at least 4 members (excludes halogenated alkanes) is 9. The zero-order valence-electron chi connectivity index (χ0n) is 20.2. The van der Waals surface area contributed by atoms with Gasteiger partial charge in [0.05, 0.1) is 6.07 Å². The van der Waals surface area contributed by atoms with E-state index in [1.54, 1.807) is 6.92 Å². The normalized spacial score (nSPS) is 12.7. The molecule has 0 bridgehead atoms. The molecule has 1 rings (SSSR count). The van der Waals surface area contributed by atoms with Gasteiger partial charge in [0.2, 0.25) is 34.8 Å². The smallest absolute Gasteiger partial charge is 0.311 e. The van der Waals surface area contributed by atoms with Crippen molar-refractivity contribution in [2.24, 2.45) is 0 Å². The first-order chi connectivity index (χ1) is 16.6. The van der Waals surface area contributed by atoms with Gasteiger partial charge in [0.15, 0.2) is 0 Å². The van der Waals surface area contributed by atoms with E-state index in [1.807, 2.05) is 0 Å². The summed E-state index contributed by atoms with van der Waals surface area (Å²) in [7, 11) is 0. The molecule has 0 amide bonds. The van der Waals surface area contributed by atoms with Crippen LogP contribution in [0.4, 0.5) is 22.0 Å². The quantitative estimate of drug-likeness (QED) is 0.0401. The van der Waals surface area contributed by atoms with E-state index in [9.17, 15) is 32.0 Å². The molecule has 196 valence electrons. The fourth-order valence-electron chi connectivity index (χ4n) is 3.37. The molecule has 0 heterocycles. The number of benzene rings is 1. The van der Waals surface area contributed by atoms with E-state index in [0.717, 1.165) is 31.0 Å². The van der Waals surface area contributed by atoms with Gasteiger partial charge < -0.3 is 4.74 Å². The molecule has 0 aliphatic heterocycles. The summed E-state index contributed by atoms with van der Waals surface area (Å²) in [4.78, 5) is 12.0. The van der Waals surface area contributed by atoms with Crippen molar-refractivity contribution in [3.63, 3.8) is 0 Å². The van der Waals surface area contributed by atoms with Gasteiger partial charge in [0, 0.05) is 10.6 Å². The molecule has 0 aliphatic carbocycles. The third kappa shape index (κ3) is 10.8. The molecule has 35 heavy (non-hydrogen) atoms. The first kappa shape index (κ1) is 31.3. The average molecular weight is 538 g/mol. The predicted molar refractivity (Wildman–Crippen MR) is 132 cm³/mol. The summed E-state index contributed by atoms with van der Waals surface area (Å²) in [6, 6.07) is 2.07. The van der Waals surface area contributed by atoms with Gasteiger partial charge in [-0.05, 0) is 26.2 Å². The maximum atomic E-state index is 13.7. The molecule has 0 aromatic heterocycles. The van der Waals surface area contributed by atoms with Gasteiger partial charge in [-0.25, -0.2) is 13.2 Å². The largest absolute Gasteiger partial charge is 0.420 e. The number of nitrogens with zero attached hydrogens (tertiary/aromatic N) is 1. The number of carbonyl (C=O) groups excluding carboxylic acids is 1. The highest BCUT2D eigenvalue weighted by Crippen LogP contribution is 2.34. The second-order valence-corrected chi connectivity index (χ2v) is 11.0. The fraction of sp³-hybridized carbons (Fsp3) is 0.640. The Bertz CT molecular complexity index is 878. The predicted octanol–water partition coefficient (Wildman–Crippen LogP) is 8.72. The number of esters is 1. The number of halogens is 5. The summed E-state index contributed by atoms with van der Waals surface area (Å²) >= 11 is 6.50. The molecule has 1 aromatic carbocycles. The summed E-state index contributed by atoms with van der Waals surface area (Å²) in [6.07, 6.45) is 11.9. The fourth-order valence-corrected chi connectivity index (χ4v) is 5.06. The SMILES string of the molecule is CCCCCCCCCCCCC(=S)SC(C)(C#N)CCC(=O)Oc1c(F)c(F)c(F)c(F)c1F. The van der Waals surface area contributed by atoms with Crippen LogP contribution in [0, 0.1) is 40.4 Å². The molecular weight excluding hydrogens is 505 g/mol. The van der Waals surface area contributed by atoms with Crippen LogP contribution in [0.1, 0.15) is 97.3 Å². The Morgan fingerprint density at radius 3 is 1.80 bits per heavy atom. The summed E-state index contributed by atoms with van der Waals surface area (Å²) in [5, 5.41) is 9.53. The minimum Gasteiger partial charge on any atom is -0.420 e. The van der Waals surface area contributed by atoms with E-state index in [1.165, 1.54) is 44.9 Å². The van der Waals surface area contributed by atoms with E-state index in [-0.39, 0.29) is 6.42 Å². The molecule has 3 nitrogen and oxygen atoms in total. The van der Waals surface area contributed by atoms with Crippen molar-refractivity contribution in [1.29, 1.82) is 5.26 Å². The number of thiocarbonyl (C=S) groups is 1. The van der Waals surface area contributed by atoms with Crippen LogP contribution in [-0.4, -0.2) is 14.9 Å². The van der Waals surface area contributed by atoms with E-state index < -0.39 is 52.0 Å². The van der Waals surface area contributed by atoms with Crippen molar-refractivity contribution in [2.75, 3.05) is 0 Å². The Morgan fingerprint density at radius 1 is 0.857 bits per heavy atom. The van der Waals surface area contributed by atoms with E-state index in [2.05, 4.69) is 17.7 Å². The lowest BCUT2D eigenvalue weighted by Crippen LogP contribution is -2.23. The third-order valence-corrected chi connectivity index (χ3v) is 7.13. The highest BCUT2D eigenvalue weighted by molar-refractivity contribution is 8.24. The first-order valence-electron chi connectivity index (χ1n) is 11.9. The van der Waals surface area contributed by atoms with Crippen LogP contribution in [0.5, 0.6) is 5.75 Å². The van der Waals surface area contributed by atoms with E-state index in [0.29, 0.717) is 10.6 Å². The molecule has 0 radical (unpaired) electrons. The second kappa shape index (κ2) is 16.1. The van der Waals surface area contributed by atoms with Crippen molar-refractivity contribution >= 4 is 34.1 Å². The lowest BCUT2D eigenvalue weighted by atomic mass is 10.1. The van der Waals surface area contributed by atoms with Crippen molar-refractivity contribution < 1.29 is 31.5 Å². The summed E-state index contributed by atoms with van der Waals surface area (Å²) < 4.78 is 70.9. The number of rotatable bonds is 16. The molecule has 0 N–H and O–H groups in total. The average Bonchev–Trinajstić information content (AvgIpc) is 2.84. The lowest BCUT2D eigenvalue weighted by molar-refractivity contribution is -0.135. The monoisotopic (exact) mass is 537 g/mol.